The molecule has 4 rings (SSSR count). The van der Waals surface area contributed by atoms with Crippen molar-refractivity contribution in [3.8, 4) is 0 Å². The largest absolute Gasteiger partial charge is 0.452 e. The van der Waals surface area contributed by atoms with Gasteiger partial charge in [0.15, 0.2) is 11.2 Å². The van der Waals surface area contributed by atoms with Crippen LogP contribution in [0.5, 0.6) is 0 Å². The summed E-state index contributed by atoms with van der Waals surface area (Å²) in [5.41, 5.74) is 5.67. The molecule has 3 aromatic carbocycles. The van der Waals surface area contributed by atoms with Crippen LogP contribution in [-0.2, 0) is 0 Å². The van der Waals surface area contributed by atoms with Crippen molar-refractivity contribution in [3.05, 3.63) is 53.4 Å². The molecule has 0 atom stereocenters. The van der Waals surface area contributed by atoms with Crippen LogP contribution >= 0.6 is 0 Å². The van der Waals surface area contributed by atoms with Gasteiger partial charge in [0.05, 0.1) is 0 Å². The highest BCUT2D eigenvalue weighted by molar-refractivity contribution is 6.04. The van der Waals surface area contributed by atoms with Crippen molar-refractivity contribution in [3.63, 3.8) is 0 Å². The van der Waals surface area contributed by atoms with Crippen LogP contribution in [0, 0.1) is 6.92 Å². The first-order valence-corrected chi connectivity index (χ1v) is 9.75. The van der Waals surface area contributed by atoms with E-state index >= 15 is 0 Å². The van der Waals surface area contributed by atoms with E-state index in [9.17, 15) is 0 Å². The molecule has 0 fully saturated rings. The summed E-state index contributed by atoms with van der Waals surface area (Å²) in [5, 5.41) is 6.92. The van der Waals surface area contributed by atoms with E-state index in [2.05, 4.69) is 74.0 Å². The predicted molar refractivity (Wildman–Crippen MR) is 114 cm³/mol. The maximum atomic E-state index is 6.41. The van der Waals surface area contributed by atoms with Crippen LogP contribution in [0.1, 0.15) is 26.3 Å². The quantitative estimate of drug-likeness (QED) is 0.326. The first-order valence-electron chi connectivity index (χ1n) is 9.75. The van der Waals surface area contributed by atoms with Crippen molar-refractivity contribution < 1.29 is 4.42 Å². The number of nitrogens with one attached hydrogen (secondary N) is 1. The van der Waals surface area contributed by atoms with Gasteiger partial charge in [0.25, 0.3) is 0 Å². The molecule has 0 spiro atoms. The summed E-state index contributed by atoms with van der Waals surface area (Å²) in [7, 11) is 0. The average Bonchev–Trinajstić information content (AvgIpc) is 2.70. The second kappa shape index (κ2) is 7.03. The van der Waals surface area contributed by atoms with E-state index < -0.39 is 0 Å². The van der Waals surface area contributed by atoms with Gasteiger partial charge < -0.3 is 9.73 Å². The zero-order valence-corrected chi connectivity index (χ0v) is 16.5. The fraction of sp³-hybridized carbons (Fsp3) is 0.304. The molecule has 1 N–H and O–H groups in total. The number of hydrogen-bond acceptors (Lipinski definition) is 3. The van der Waals surface area contributed by atoms with Gasteiger partial charge in [-0.05, 0) is 57.3 Å². The third-order valence-electron chi connectivity index (χ3n) is 5.26. The lowest BCUT2D eigenvalue weighted by molar-refractivity contribution is 0.627. The lowest BCUT2D eigenvalue weighted by atomic mass is 10.1. The Balaban J connectivity index is 2.03. The van der Waals surface area contributed by atoms with Crippen LogP contribution in [0.3, 0.4) is 0 Å². The summed E-state index contributed by atoms with van der Waals surface area (Å²) in [4.78, 5) is 4.85. The van der Waals surface area contributed by atoms with Gasteiger partial charge in [-0.3, -0.25) is 0 Å². The van der Waals surface area contributed by atoms with E-state index in [0.29, 0.717) is 0 Å². The van der Waals surface area contributed by atoms with E-state index in [4.69, 9.17) is 9.40 Å². The third-order valence-corrected chi connectivity index (χ3v) is 5.26. The van der Waals surface area contributed by atoms with Gasteiger partial charge in [-0.1, -0.05) is 6.07 Å². The smallest absolute Gasteiger partial charge is 0.200 e. The van der Waals surface area contributed by atoms with Crippen LogP contribution in [0.25, 0.3) is 33.0 Å². The zero-order chi connectivity index (χ0) is 19.0. The van der Waals surface area contributed by atoms with Crippen LogP contribution in [0.2, 0.25) is 0 Å². The predicted octanol–water partition coefficient (Wildman–Crippen LogP) is 4.69. The molecule has 0 amide bonds. The Bertz CT molecular complexity index is 1220. The summed E-state index contributed by atoms with van der Waals surface area (Å²) in [6.07, 6.45) is 0. The standard InChI is InChI=1S/C23H25N3O/c1-5-24-19-12-13-20-22(15(19)4)27-23-18-10-9-17(26(6-2)7-3)14-16(18)8-11-21(23)25-20/h8-14H,5-7H2,1-4H3/p+1. The number of benzene rings is 3. The topological polar surface area (TPSA) is 41.1 Å². The molecule has 0 saturated carbocycles. The molecule has 4 heteroatoms. The minimum atomic E-state index is 0.848. The van der Waals surface area contributed by atoms with Gasteiger partial charge in [0.2, 0.25) is 5.36 Å². The molecule has 0 unspecified atom stereocenters. The summed E-state index contributed by atoms with van der Waals surface area (Å²) in [6.45, 7) is 11.4. The Labute approximate surface area is 159 Å². The third kappa shape index (κ3) is 2.95. The van der Waals surface area contributed by atoms with Crippen LogP contribution < -0.4 is 15.2 Å². The SMILES string of the molecule is CCNc1ccc2nc3ccc4cc(=[N+](CC)CC)ccc4c3oc2c1C. The van der Waals surface area contributed by atoms with Crippen LogP contribution in [0.15, 0.2) is 46.9 Å². The Kier molecular flexibility index (Phi) is 4.56. The number of hydrogen-bond donors (Lipinski definition) is 1. The Morgan fingerprint density at radius 1 is 0.926 bits per heavy atom. The summed E-state index contributed by atoms with van der Waals surface area (Å²) in [5.74, 6) is 0. The van der Waals surface area contributed by atoms with Crippen molar-refractivity contribution in [2.75, 3.05) is 25.0 Å². The molecule has 1 heterocycles. The Hall–Kier alpha value is -2.88. The molecule has 0 aliphatic rings. The van der Waals surface area contributed by atoms with E-state index in [1.165, 1.54) is 10.7 Å². The molecular weight excluding hydrogens is 334 g/mol. The van der Waals surface area contributed by atoms with Crippen molar-refractivity contribution in [1.82, 2.24) is 9.56 Å². The molecule has 0 saturated heterocycles. The summed E-state index contributed by atoms with van der Waals surface area (Å²) in [6, 6.07) is 14.9. The number of nitrogens with zero attached hydrogens (tertiary/aromatic N) is 2. The Morgan fingerprint density at radius 3 is 2.41 bits per heavy atom. The van der Waals surface area contributed by atoms with Crippen molar-refractivity contribution >= 4 is 38.7 Å². The van der Waals surface area contributed by atoms with Crippen molar-refractivity contribution in [2.45, 2.75) is 27.7 Å². The highest BCUT2D eigenvalue weighted by Gasteiger charge is 2.12. The van der Waals surface area contributed by atoms with Gasteiger partial charge in [0, 0.05) is 35.3 Å². The second-order valence-corrected chi connectivity index (χ2v) is 6.82. The van der Waals surface area contributed by atoms with Crippen LogP contribution in [-0.4, -0.2) is 24.6 Å². The normalized spacial score (nSPS) is 11.4. The number of aryl methyl sites for hydroxylation is 1. The molecule has 0 aliphatic carbocycles. The van der Waals surface area contributed by atoms with E-state index in [0.717, 1.165) is 58.5 Å². The van der Waals surface area contributed by atoms with Gasteiger partial charge >= 0.3 is 0 Å². The summed E-state index contributed by atoms with van der Waals surface area (Å²) >= 11 is 0. The molecule has 0 radical (unpaired) electrons. The summed E-state index contributed by atoms with van der Waals surface area (Å²) < 4.78 is 8.77. The van der Waals surface area contributed by atoms with Crippen molar-refractivity contribution in [1.29, 1.82) is 0 Å². The highest BCUT2D eigenvalue weighted by atomic mass is 16.3. The second-order valence-electron chi connectivity index (χ2n) is 6.82. The fourth-order valence-electron chi connectivity index (χ4n) is 3.77. The average molecular weight is 360 g/mol. The molecule has 0 aliphatic heterocycles. The molecule has 4 nitrogen and oxygen atoms in total. The highest BCUT2D eigenvalue weighted by Crippen LogP contribution is 2.30. The minimum absolute atomic E-state index is 0.848. The van der Waals surface area contributed by atoms with Gasteiger partial charge in [-0.2, -0.15) is 0 Å². The molecule has 27 heavy (non-hydrogen) atoms. The molecule has 138 valence electrons. The van der Waals surface area contributed by atoms with Crippen molar-refractivity contribution in [2.24, 2.45) is 0 Å². The fourth-order valence-corrected chi connectivity index (χ4v) is 3.77. The minimum Gasteiger partial charge on any atom is -0.452 e. The lowest BCUT2D eigenvalue weighted by Gasteiger charge is -2.11. The maximum absolute atomic E-state index is 6.41. The van der Waals surface area contributed by atoms with Gasteiger partial charge in [-0.15, -0.1) is 0 Å². The monoisotopic (exact) mass is 360 g/mol. The Morgan fingerprint density at radius 2 is 1.67 bits per heavy atom. The van der Waals surface area contributed by atoms with Gasteiger partial charge in [-0.25, -0.2) is 9.56 Å². The van der Waals surface area contributed by atoms with E-state index in [-0.39, 0.29) is 0 Å². The first-order chi connectivity index (χ1) is 13.2. The zero-order valence-electron chi connectivity index (χ0n) is 16.5. The first kappa shape index (κ1) is 17.5. The van der Waals surface area contributed by atoms with E-state index in [1.807, 2.05) is 6.07 Å². The molecule has 0 bridgehead atoms. The number of anilines is 1. The van der Waals surface area contributed by atoms with Gasteiger partial charge in [0.1, 0.15) is 24.1 Å². The number of aromatic nitrogens is 1. The molecule has 4 aromatic rings. The maximum Gasteiger partial charge on any atom is 0.200 e. The number of fused-ring (bicyclic) bond motifs is 4. The van der Waals surface area contributed by atoms with Crippen LogP contribution in [0.4, 0.5) is 5.69 Å². The molecule has 1 aromatic heterocycles. The van der Waals surface area contributed by atoms with E-state index in [1.54, 1.807) is 0 Å². The molecular formula is C23H26N3O+. The lowest BCUT2D eigenvalue weighted by Crippen LogP contribution is -2.29. The number of rotatable bonds is 4.